The van der Waals surface area contributed by atoms with Crippen molar-refractivity contribution in [1.82, 2.24) is 0 Å². The first-order valence-corrected chi connectivity index (χ1v) is 2.71. The van der Waals surface area contributed by atoms with E-state index in [1.807, 2.05) is 0 Å². The van der Waals surface area contributed by atoms with Gasteiger partial charge >= 0.3 is 29.3 Å². The van der Waals surface area contributed by atoms with Gasteiger partial charge in [0.05, 0.1) is 0 Å². The van der Waals surface area contributed by atoms with Crippen LogP contribution >= 0.6 is 8.25 Å². The molecule has 0 fully saturated rings. The second-order valence-electron chi connectivity index (χ2n) is 0.283. The molecule has 0 spiro atoms. The molecule has 0 rings (SSSR count). The molecule has 0 aromatic heterocycles. The maximum absolute atomic E-state index is 8.74. The van der Waals surface area contributed by atoms with Crippen LogP contribution in [0.3, 0.4) is 0 Å². The van der Waals surface area contributed by atoms with E-state index in [2.05, 4.69) is 0 Å². The van der Waals surface area contributed by atoms with Gasteiger partial charge in [-0.3, -0.25) is 4.57 Å². The minimum absolute atomic E-state index is 1.06. The quantitative estimate of drug-likeness (QED) is 0.444. The van der Waals surface area contributed by atoms with Gasteiger partial charge < -0.3 is 9.79 Å². The van der Waals surface area contributed by atoms with Crippen molar-refractivity contribution >= 4 is 8.25 Å². The molecule has 6 heteroatoms. The molecule has 0 aliphatic carbocycles. The van der Waals surface area contributed by atoms with E-state index in [4.69, 9.17) is 18.0 Å². The van der Waals surface area contributed by atoms with Crippen LogP contribution in [0, 0.1) is 0 Å². The van der Waals surface area contributed by atoms with Gasteiger partial charge in [0.25, 0.3) is 0 Å². The zero-order valence-electron chi connectivity index (χ0n) is 2.66. The van der Waals surface area contributed by atoms with Crippen LogP contribution in [0.1, 0.15) is 0 Å². The van der Waals surface area contributed by atoms with Gasteiger partial charge in [-0.15, -0.1) is 0 Å². The zero-order valence-corrected chi connectivity index (χ0v) is 5.05. The van der Waals surface area contributed by atoms with Crippen molar-refractivity contribution in [3.8, 4) is 0 Å². The Balaban J connectivity index is 0. The van der Waals surface area contributed by atoms with Crippen molar-refractivity contribution in [3.63, 3.8) is 0 Å². The average molecular weight is 149 g/mol. The van der Waals surface area contributed by atoms with E-state index < -0.39 is 8.25 Å². The Labute approximate surface area is 44.3 Å². The summed E-state index contributed by atoms with van der Waals surface area (Å²) in [5.41, 5.74) is 0. The summed E-state index contributed by atoms with van der Waals surface area (Å²) in [5.74, 6) is 0. The normalized spacial score (nSPS) is 6.33. The Morgan fingerprint density at radius 1 is 1.33 bits per heavy atom. The molecule has 0 aliphatic heterocycles. The van der Waals surface area contributed by atoms with Gasteiger partial charge in [0.1, 0.15) is 0 Å². The average Bonchev–Trinajstić information content (AvgIpc) is 1.41. The van der Waals surface area contributed by atoms with Crippen LogP contribution in [0.4, 0.5) is 0 Å². The van der Waals surface area contributed by atoms with E-state index >= 15 is 0 Å². The monoisotopic (exact) mass is 149 g/mol. The standard InChI is InChI=1S/H3O3P.O.V/c1-4(2)3;;/h4H,(H2,1,2,3);;. The fourth-order valence-corrected chi connectivity index (χ4v) is 0. The zero-order chi connectivity index (χ0) is 5.58. The fourth-order valence-electron chi connectivity index (χ4n) is 0. The first-order valence-electron chi connectivity index (χ1n) is 0.834. The van der Waals surface area contributed by atoms with Gasteiger partial charge in [-0.25, -0.2) is 0 Å². The summed E-state index contributed by atoms with van der Waals surface area (Å²) in [7, 11) is -3.13. The van der Waals surface area contributed by atoms with Gasteiger partial charge in [0.2, 0.25) is 0 Å². The van der Waals surface area contributed by atoms with Crippen LogP contribution < -0.4 is 0 Å². The number of hydrogen-bond donors (Lipinski definition) is 2. The molecule has 0 saturated heterocycles. The van der Waals surface area contributed by atoms with E-state index in [0.717, 1.165) is 17.4 Å². The third kappa shape index (κ3) is 198. The summed E-state index contributed by atoms with van der Waals surface area (Å²) in [6.07, 6.45) is 0. The maximum atomic E-state index is 8.74. The molecule has 0 saturated carbocycles. The van der Waals surface area contributed by atoms with Crippen molar-refractivity contribution < 1.29 is 35.4 Å². The van der Waals surface area contributed by atoms with E-state index in [9.17, 15) is 0 Å². The van der Waals surface area contributed by atoms with Crippen molar-refractivity contribution in [3.05, 3.63) is 0 Å². The van der Waals surface area contributed by atoms with Crippen LogP contribution in [0.15, 0.2) is 0 Å². The second kappa shape index (κ2) is 9.11. The van der Waals surface area contributed by atoms with Crippen molar-refractivity contribution in [2.75, 3.05) is 0 Å². The molecule has 0 unspecified atom stereocenters. The summed E-state index contributed by atoms with van der Waals surface area (Å²) in [6, 6.07) is 0. The minimum atomic E-state index is -3.13. The molecule has 4 nitrogen and oxygen atoms in total. The molecule has 37 valence electrons. The second-order valence-corrected chi connectivity index (χ2v) is 0.848. The molecular weight excluding hydrogens is 146 g/mol. The van der Waals surface area contributed by atoms with Crippen LogP contribution in [0.25, 0.3) is 0 Å². The summed E-state index contributed by atoms with van der Waals surface area (Å²) in [5, 5.41) is 0. The molecule has 0 aliphatic rings. The van der Waals surface area contributed by atoms with E-state index in [1.54, 1.807) is 0 Å². The van der Waals surface area contributed by atoms with Crippen LogP contribution in [-0.2, 0) is 25.6 Å². The fraction of sp³-hybridized carbons (Fsp3) is 0. The Morgan fingerprint density at radius 3 is 1.33 bits per heavy atom. The van der Waals surface area contributed by atoms with E-state index in [-0.39, 0.29) is 0 Å². The van der Waals surface area contributed by atoms with Crippen molar-refractivity contribution in [2.24, 2.45) is 0 Å². The molecule has 2 N–H and O–H groups in total. The summed E-state index contributed by atoms with van der Waals surface area (Å²) >= 11 is 1.06. The van der Waals surface area contributed by atoms with Crippen molar-refractivity contribution in [1.29, 1.82) is 0 Å². The van der Waals surface area contributed by atoms with Crippen LogP contribution in [-0.4, -0.2) is 9.79 Å². The molecule has 0 aromatic carbocycles. The third-order valence-electron chi connectivity index (χ3n) is 0. The Kier molecular flexibility index (Phi) is 14.8. The summed E-state index contributed by atoms with van der Waals surface area (Å²) in [4.78, 5) is 14.3. The molecule has 0 amide bonds. The molecule has 0 heterocycles. The summed E-state index contributed by atoms with van der Waals surface area (Å²) < 4.78 is 16.9. The molecule has 0 aromatic rings. The van der Waals surface area contributed by atoms with Gasteiger partial charge in [-0.05, 0) is 0 Å². The molecule has 6 heavy (non-hydrogen) atoms. The first kappa shape index (κ1) is 9.73. The van der Waals surface area contributed by atoms with Crippen LogP contribution in [0.5, 0.6) is 0 Å². The molecule has 0 atom stereocenters. The van der Waals surface area contributed by atoms with Gasteiger partial charge in [-0.2, -0.15) is 0 Å². The van der Waals surface area contributed by atoms with Gasteiger partial charge in [0, 0.05) is 0 Å². The summed E-state index contributed by atoms with van der Waals surface area (Å²) in [6.45, 7) is 0. The number of hydrogen-bond acceptors (Lipinski definition) is 2. The third-order valence-corrected chi connectivity index (χ3v) is 0. The van der Waals surface area contributed by atoms with Gasteiger partial charge in [-0.1, -0.05) is 0 Å². The topological polar surface area (TPSA) is 74.6 Å². The number of rotatable bonds is 0. The predicted molar refractivity (Wildman–Crippen MR) is 14.1 cm³/mol. The van der Waals surface area contributed by atoms with E-state index in [1.165, 1.54) is 0 Å². The SMILES string of the molecule is O=[PH](O)O.[O]=[V]. The van der Waals surface area contributed by atoms with Crippen molar-refractivity contribution in [2.45, 2.75) is 0 Å². The predicted octanol–water partition coefficient (Wildman–Crippen LogP) is -0.761. The Hall–Kier alpha value is 0.534. The van der Waals surface area contributed by atoms with Gasteiger partial charge in [0.15, 0.2) is 0 Å². The van der Waals surface area contributed by atoms with E-state index in [0.29, 0.717) is 0 Å². The Bertz CT molecular complexity index is 38.8. The molecular formula is H3O4PV. The Morgan fingerprint density at radius 2 is 1.33 bits per heavy atom. The molecule has 0 bridgehead atoms. The first-order chi connectivity index (χ1) is 2.73. The molecule has 0 radical (unpaired) electrons. The van der Waals surface area contributed by atoms with Crippen LogP contribution in [0.2, 0.25) is 0 Å².